The molecule has 4 aliphatic rings. The molecule has 0 spiro atoms. The van der Waals surface area contributed by atoms with E-state index in [9.17, 15) is 19.2 Å². The molecule has 2 aromatic carbocycles. The maximum atomic E-state index is 13.1. The van der Waals surface area contributed by atoms with Gasteiger partial charge in [-0.3, -0.25) is 19.2 Å². The molecule has 0 unspecified atom stereocenters. The van der Waals surface area contributed by atoms with Crippen molar-refractivity contribution in [3.8, 4) is 5.75 Å². The monoisotopic (exact) mass is 458 g/mol. The standard InChI is InChI=1S/C27H26N2O5/c1-15-11-20(34-27(33)18-13-22(30)28(14-18)19-5-3-2-4-6-19)9-10-21(15)29-25(31)23-16-7-8-17(12-16)24(23)26(29)32/h2-6,9-11,16-18,23-24H,7-8,12-14H2,1H3/t16-,17-,18+,23-,24-/m0/s1. The van der Waals surface area contributed by atoms with Crippen molar-refractivity contribution in [2.45, 2.75) is 32.6 Å². The first-order valence-electron chi connectivity index (χ1n) is 12.0. The number of esters is 1. The lowest BCUT2D eigenvalue weighted by Crippen LogP contribution is -2.33. The fraction of sp³-hybridized carbons (Fsp3) is 0.407. The van der Waals surface area contributed by atoms with E-state index in [0.29, 0.717) is 28.8 Å². The Bertz CT molecular complexity index is 1180. The van der Waals surface area contributed by atoms with Crippen LogP contribution in [0.2, 0.25) is 0 Å². The minimum Gasteiger partial charge on any atom is -0.426 e. The molecule has 0 N–H and O–H groups in total. The van der Waals surface area contributed by atoms with Gasteiger partial charge in [-0.2, -0.15) is 0 Å². The van der Waals surface area contributed by atoms with Crippen LogP contribution in [0.4, 0.5) is 11.4 Å². The largest absolute Gasteiger partial charge is 0.426 e. The Kier molecular flexibility index (Phi) is 4.83. The SMILES string of the molecule is Cc1cc(OC(=O)[C@@H]2CC(=O)N(c3ccccc3)C2)ccc1N1C(=O)[C@H]2[C@H]3CC[C@@H](C3)[C@@H]2C1=O. The second-order valence-corrected chi connectivity index (χ2v) is 10.0. The number of carbonyl (C=O) groups excluding carboxylic acids is 4. The molecule has 5 atom stereocenters. The average molecular weight is 459 g/mol. The number of amides is 3. The molecular weight excluding hydrogens is 432 g/mol. The smallest absolute Gasteiger partial charge is 0.316 e. The van der Waals surface area contributed by atoms with E-state index in [1.165, 1.54) is 4.90 Å². The maximum Gasteiger partial charge on any atom is 0.316 e. The molecule has 7 heteroatoms. The first-order valence-corrected chi connectivity index (χ1v) is 12.0. The van der Waals surface area contributed by atoms with Gasteiger partial charge in [-0.15, -0.1) is 0 Å². The van der Waals surface area contributed by atoms with Crippen molar-refractivity contribution < 1.29 is 23.9 Å². The number of benzene rings is 2. The van der Waals surface area contributed by atoms with Crippen LogP contribution in [0.1, 0.15) is 31.2 Å². The first-order chi connectivity index (χ1) is 16.4. The second-order valence-electron chi connectivity index (χ2n) is 10.0. The summed E-state index contributed by atoms with van der Waals surface area (Å²) in [6, 6.07) is 14.3. The molecule has 2 saturated heterocycles. The number of aryl methyl sites for hydroxylation is 1. The Labute approximate surface area is 197 Å². The molecular formula is C27H26N2O5. The van der Waals surface area contributed by atoms with E-state index < -0.39 is 11.9 Å². The molecule has 2 aliphatic heterocycles. The zero-order valence-corrected chi connectivity index (χ0v) is 19.0. The Morgan fingerprint density at radius 2 is 1.62 bits per heavy atom. The van der Waals surface area contributed by atoms with Crippen molar-refractivity contribution in [1.29, 1.82) is 0 Å². The highest BCUT2D eigenvalue weighted by Crippen LogP contribution is 2.56. The van der Waals surface area contributed by atoms with Crippen molar-refractivity contribution >= 4 is 35.1 Å². The summed E-state index contributed by atoms with van der Waals surface area (Å²) in [4.78, 5) is 54.5. The number of hydrogen-bond acceptors (Lipinski definition) is 5. The Morgan fingerprint density at radius 3 is 2.26 bits per heavy atom. The van der Waals surface area contributed by atoms with Crippen molar-refractivity contribution in [3.63, 3.8) is 0 Å². The van der Waals surface area contributed by atoms with E-state index in [2.05, 4.69) is 0 Å². The minimum absolute atomic E-state index is 0.0829. The van der Waals surface area contributed by atoms with Gasteiger partial charge in [0.1, 0.15) is 5.75 Å². The third-order valence-electron chi connectivity index (χ3n) is 8.08. The first kappa shape index (κ1) is 21.1. The molecule has 6 rings (SSSR count). The highest BCUT2D eigenvalue weighted by molar-refractivity contribution is 6.23. The average Bonchev–Trinajstić information content (AvgIpc) is 3.59. The van der Waals surface area contributed by atoms with E-state index in [1.54, 1.807) is 23.1 Å². The number of nitrogens with zero attached hydrogens (tertiary/aromatic N) is 2. The third kappa shape index (κ3) is 3.17. The van der Waals surface area contributed by atoms with Crippen LogP contribution in [0.25, 0.3) is 0 Å². The number of ether oxygens (including phenoxy) is 1. The number of hydrogen-bond donors (Lipinski definition) is 0. The summed E-state index contributed by atoms with van der Waals surface area (Å²) in [6.45, 7) is 2.09. The van der Waals surface area contributed by atoms with Gasteiger partial charge in [0.2, 0.25) is 17.7 Å². The van der Waals surface area contributed by atoms with Crippen LogP contribution < -0.4 is 14.5 Å². The normalized spacial score (nSPS) is 29.8. The summed E-state index contributed by atoms with van der Waals surface area (Å²) in [6.07, 6.45) is 3.18. The molecule has 2 bridgehead atoms. The zero-order valence-electron chi connectivity index (χ0n) is 19.0. The Hall–Kier alpha value is -3.48. The van der Waals surface area contributed by atoms with E-state index in [0.717, 1.165) is 24.9 Å². The van der Waals surface area contributed by atoms with Crippen LogP contribution in [-0.4, -0.2) is 30.2 Å². The summed E-state index contributed by atoms with van der Waals surface area (Å²) in [5, 5.41) is 0. The summed E-state index contributed by atoms with van der Waals surface area (Å²) in [5.74, 6) is -0.612. The lowest BCUT2D eigenvalue weighted by molar-refractivity contribution is -0.139. The van der Waals surface area contributed by atoms with E-state index in [1.807, 2.05) is 37.3 Å². The van der Waals surface area contributed by atoms with E-state index in [4.69, 9.17) is 4.74 Å². The summed E-state index contributed by atoms with van der Waals surface area (Å²) in [7, 11) is 0. The van der Waals surface area contributed by atoms with Crippen LogP contribution in [0.5, 0.6) is 5.75 Å². The topological polar surface area (TPSA) is 84.0 Å². The number of para-hydroxylation sites is 1. The molecule has 34 heavy (non-hydrogen) atoms. The van der Waals surface area contributed by atoms with Gasteiger partial charge in [0.05, 0.1) is 23.4 Å². The number of rotatable bonds is 4. The quantitative estimate of drug-likeness (QED) is 0.398. The van der Waals surface area contributed by atoms with Crippen molar-refractivity contribution in [1.82, 2.24) is 0 Å². The van der Waals surface area contributed by atoms with Gasteiger partial charge in [-0.25, -0.2) is 4.90 Å². The summed E-state index contributed by atoms with van der Waals surface area (Å²) < 4.78 is 5.60. The zero-order chi connectivity index (χ0) is 23.6. The molecule has 174 valence electrons. The van der Waals surface area contributed by atoms with Crippen molar-refractivity contribution in [2.75, 3.05) is 16.3 Å². The van der Waals surface area contributed by atoms with Gasteiger partial charge >= 0.3 is 5.97 Å². The van der Waals surface area contributed by atoms with E-state index in [-0.39, 0.29) is 42.5 Å². The predicted molar refractivity (Wildman–Crippen MR) is 124 cm³/mol. The van der Waals surface area contributed by atoms with Gasteiger partial charge in [-0.05, 0) is 73.9 Å². The fourth-order valence-electron chi connectivity index (χ4n) is 6.51. The summed E-state index contributed by atoms with van der Waals surface area (Å²) in [5.41, 5.74) is 2.03. The van der Waals surface area contributed by atoms with Crippen LogP contribution in [0.3, 0.4) is 0 Å². The highest BCUT2D eigenvalue weighted by Gasteiger charge is 2.61. The van der Waals surface area contributed by atoms with Crippen LogP contribution in [0.15, 0.2) is 48.5 Å². The fourth-order valence-corrected chi connectivity index (χ4v) is 6.51. The molecule has 4 fully saturated rings. The molecule has 3 amide bonds. The third-order valence-corrected chi connectivity index (χ3v) is 8.08. The second kappa shape index (κ2) is 7.79. The van der Waals surface area contributed by atoms with Crippen LogP contribution in [-0.2, 0) is 19.2 Å². The van der Waals surface area contributed by atoms with Crippen LogP contribution in [0, 0.1) is 36.5 Å². The number of imide groups is 1. The molecule has 2 saturated carbocycles. The Balaban J connectivity index is 1.16. The molecule has 0 aromatic heterocycles. The van der Waals surface area contributed by atoms with Crippen LogP contribution >= 0.6 is 0 Å². The predicted octanol–water partition coefficient (Wildman–Crippen LogP) is 3.49. The Morgan fingerprint density at radius 1 is 0.941 bits per heavy atom. The number of carbonyl (C=O) groups is 4. The van der Waals surface area contributed by atoms with Gasteiger partial charge in [0, 0.05) is 18.7 Å². The van der Waals surface area contributed by atoms with Crippen molar-refractivity contribution in [2.24, 2.45) is 29.6 Å². The van der Waals surface area contributed by atoms with Gasteiger partial charge in [0.15, 0.2) is 0 Å². The lowest BCUT2D eigenvalue weighted by atomic mass is 9.81. The van der Waals surface area contributed by atoms with Gasteiger partial charge < -0.3 is 9.64 Å². The van der Waals surface area contributed by atoms with Gasteiger partial charge in [0.25, 0.3) is 0 Å². The number of fused-ring (bicyclic) bond motifs is 5. The molecule has 0 radical (unpaired) electrons. The number of anilines is 2. The highest BCUT2D eigenvalue weighted by atomic mass is 16.5. The molecule has 2 heterocycles. The molecule has 2 aliphatic carbocycles. The lowest BCUT2D eigenvalue weighted by Gasteiger charge is -2.20. The summed E-state index contributed by atoms with van der Waals surface area (Å²) >= 11 is 0. The van der Waals surface area contributed by atoms with Gasteiger partial charge in [-0.1, -0.05) is 18.2 Å². The molecule has 7 nitrogen and oxygen atoms in total. The maximum absolute atomic E-state index is 13.1. The molecule has 2 aromatic rings. The minimum atomic E-state index is -0.552. The van der Waals surface area contributed by atoms with E-state index >= 15 is 0 Å². The van der Waals surface area contributed by atoms with Crippen molar-refractivity contribution in [3.05, 3.63) is 54.1 Å².